The summed E-state index contributed by atoms with van der Waals surface area (Å²) in [5.41, 5.74) is 0.868. The maximum absolute atomic E-state index is 12.9. The SMILES string of the molecule is COc1ccc(-c2noc(CN3CCN(C(=O)C4COc5ccccc5O4)CC3)n2)cc1. The van der Waals surface area contributed by atoms with E-state index in [-0.39, 0.29) is 12.5 Å². The lowest BCUT2D eigenvalue weighted by Gasteiger charge is -2.36. The van der Waals surface area contributed by atoms with Gasteiger partial charge in [-0.2, -0.15) is 4.98 Å². The maximum Gasteiger partial charge on any atom is 0.267 e. The van der Waals surface area contributed by atoms with Crippen LogP contribution in [-0.2, 0) is 11.3 Å². The molecule has 1 amide bonds. The molecule has 1 aromatic heterocycles. The van der Waals surface area contributed by atoms with Crippen LogP contribution in [0.3, 0.4) is 0 Å². The van der Waals surface area contributed by atoms with Crippen molar-refractivity contribution < 1.29 is 23.5 Å². The Morgan fingerprint density at radius 3 is 2.56 bits per heavy atom. The minimum Gasteiger partial charge on any atom is -0.497 e. The van der Waals surface area contributed by atoms with Gasteiger partial charge in [-0.05, 0) is 36.4 Å². The number of aromatic nitrogens is 2. The van der Waals surface area contributed by atoms with Gasteiger partial charge in [0.15, 0.2) is 11.5 Å². The third-order valence-corrected chi connectivity index (χ3v) is 5.64. The van der Waals surface area contributed by atoms with Gasteiger partial charge in [0.1, 0.15) is 12.4 Å². The number of para-hydroxylation sites is 2. The van der Waals surface area contributed by atoms with Gasteiger partial charge < -0.3 is 23.6 Å². The lowest BCUT2D eigenvalue weighted by molar-refractivity contribution is -0.143. The zero-order valence-electron chi connectivity index (χ0n) is 17.8. The monoisotopic (exact) mass is 436 g/mol. The predicted molar refractivity (Wildman–Crippen MR) is 114 cm³/mol. The normalized spacial score (nSPS) is 18.4. The summed E-state index contributed by atoms with van der Waals surface area (Å²) in [4.78, 5) is 21.4. The van der Waals surface area contributed by atoms with Crippen molar-refractivity contribution in [1.82, 2.24) is 19.9 Å². The average molecular weight is 436 g/mol. The molecular formula is C23H24N4O5. The largest absolute Gasteiger partial charge is 0.497 e. The van der Waals surface area contributed by atoms with Crippen LogP contribution in [-0.4, -0.2) is 71.8 Å². The summed E-state index contributed by atoms with van der Waals surface area (Å²) >= 11 is 0. The molecule has 9 nitrogen and oxygen atoms in total. The molecule has 1 fully saturated rings. The first-order valence-corrected chi connectivity index (χ1v) is 10.6. The Morgan fingerprint density at radius 1 is 1.06 bits per heavy atom. The second-order valence-electron chi connectivity index (χ2n) is 7.71. The minimum absolute atomic E-state index is 0.0428. The standard InChI is InChI=1S/C23H24N4O5/c1-29-17-8-6-16(7-9-17)22-24-21(32-25-22)14-26-10-12-27(13-11-26)23(28)20-15-30-18-4-2-3-5-19(18)31-20/h2-9,20H,10-15H2,1H3. The second kappa shape index (κ2) is 8.88. The predicted octanol–water partition coefficient (Wildman–Crippen LogP) is 2.23. The molecule has 0 radical (unpaired) electrons. The van der Waals surface area contributed by atoms with E-state index in [0.717, 1.165) is 24.4 Å². The van der Waals surface area contributed by atoms with Gasteiger partial charge in [-0.15, -0.1) is 0 Å². The molecule has 2 aromatic carbocycles. The van der Waals surface area contributed by atoms with Crippen molar-refractivity contribution in [2.75, 3.05) is 39.9 Å². The van der Waals surface area contributed by atoms with Gasteiger partial charge >= 0.3 is 0 Å². The molecule has 0 spiro atoms. The number of hydrogen-bond acceptors (Lipinski definition) is 8. The fraction of sp³-hybridized carbons (Fsp3) is 0.348. The molecule has 3 aromatic rings. The molecular weight excluding hydrogens is 412 g/mol. The number of nitrogens with zero attached hydrogens (tertiary/aromatic N) is 4. The first kappa shape index (κ1) is 20.3. The van der Waals surface area contributed by atoms with Gasteiger partial charge in [-0.3, -0.25) is 9.69 Å². The summed E-state index contributed by atoms with van der Waals surface area (Å²) in [6.45, 7) is 3.43. The van der Waals surface area contributed by atoms with Crippen molar-refractivity contribution in [3.63, 3.8) is 0 Å². The van der Waals surface area contributed by atoms with E-state index in [1.54, 1.807) is 7.11 Å². The lowest BCUT2D eigenvalue weighted by atomic mass is 10.2. The van der Waals surface area contributed by atoms with Crippen LogP contribution in [0.2, 0.25) is 0 Å². The third-order valence-electron chi connectivity index (χ3n) is 5.64. The van der Waals surface area contributed by atoms with Gasteiger partial charge in [-0.25, -0.2) is 0 Å². The Balaban J connectivity index is 1.14. The number of hydrogen-bond donors (Lipinski definition) is 0. The molecule has 0 N–H and O–H groups in total. The van der Waals surface area contributed by atoms with Crippen molar-refractivity contribution in [3.8, 4) is 28.6 Å². The van der Waals surface area contributed by atoms with Crippen LogP contribution in [0.5, 0.6) is 17.2 Å². The van der Waals surface area contributed by atoms with Gasteiger partial charge in [-0.1, -0.05) is 17.3 Å². The third kappa shape index (κ3) is 4.24. The van der Waals surface area contributed by atoms with Gasteiger partial charge in [0.25, 0.3) is 5.91 Å². The molecule has 0 saturated carbocycles. The van der Waals surface area contributed by atoms with Crippen LogP contribution in [0, 0.1) is 0 Å². The number of piperazine rings is 1. The zero-order valence-corrected chi connectivity index (χ0v) is 17.8. The Morgan fingerprint density at radius 2 is 1.81 bits per heavy atom. The van der Waals surface area contributed by atoms with Gasteiger partial charge in [0.2, 0.25) is 17.8 Å². The molecule has 1 unspecified atom stereocenters. The quantitative estimate of drug-likeness (QED) is 0.602. The van der Waals surface area contributed by atoms with Crippen LogP contribution >= 0.6 is 0 Å². The molecule has 32 heavy (non-hydrogen) atoms. The van der Waals surface area contributed by atoms with E-state index in [2.05, 4.69) is 15.0 Å². The van der Waals surface area contributed by atoms with Crippen molar-refractivity contribution in [2.24, 2.45) is 0 Å². The van der Waals surface area contributed by atoms with Crippen LogP contribution in [0.4, 0.5) is 0 Å². The van der Waals surface area contributed by atoms with E-state index in [9.17, 15) is 4.79 Å². The topological polar surface area (TPSA) is 90.2 Å². The van der Waals surface area contributed by atoms with E-state index in [1.165, 1.54) is 0 Å². The fourth-order valence-corrected chi connectivity index (χ4v) is 3.84. The highest BCUT2D eigenvalue weighted by Crippen LogP contribution is 2.31. The average Bonchev–Trinajstić information content (AvgIpc) is 3.32. The molecule has 166 valence electrons. The smallest absolute Gasteiger partial charge is 0.267 e. The Labute approximate surface area is 185 Å². The second-order valence-corrected chi connectivity index (χ2v) is 7.71. The van der Waals surface area contributed by atoms with Crippen molar-refractivity contribution in [2.45, 2.75) is 12.6 Å². The summed E-state index contributed by atoms with van der Waals surface area (Å²) in [5, 5.41) is 4.08. The minimum atomic E-state index is -0.612. The van der Waals surface area contributed by atoms with Crippen molar-refractivity contribution in [3.05, 3.63) is 54.4 Å². The number of ether oxygens (including phenoxy) is 3. The van der Waals surface area contributed by atoms with Gasteiger partial charge in [0.05, 0.1) is 13.7 Å². The molecule has 5 rings (SSSR count). The fourth-order valence-electron chi connectivity index (χ4n) is 3.84. The Kier molecular flexibility index (Phi) is 5.64. The number of fused-ring (bicyclic) bond motifs is 1. The number of benzene rings is 2. The van der Waals surface area contributed by atoms with Crippen molar-refractivity contribution >= 4 is 5.91 Å². The molecule has 1 saturated heterocycles. The highest BCUT2D eigenvalue weighted by Gasteiger charge is 2.32. The number of carbonyl (C=O) groups is 1. The van der Waals surface area contributed by atoms with Crippen LogP contribution in [0.25, 0.3) is 11.4 Å². The molecule has 2 aliphatic rings. The number of carbonyl (C=O) groups excluding carboxylic acids is 1. The van der Waals surface area contributed by atoms with Crippen LogP contribution < -0.4 is 14.2 Å². The van der Waals surface area contributed by atoms with Gasteiger partial charge in [0, 0.05) is 31.7 Å². The van der Waals surface area contributed by atoms with E-state index < -0.39 is 6.10 Å². The Bertz CT molecular complexity index is 1080. The summed E-state index contributed by atoms with van der Waals surface area (Å²) < 4.78 is 22.1. The first-order chi connectivity index (χ1) is 15.7. The number of rotatable bonds is 5. The maximum atomic E-state index is 12.9. The molecule has 1 atom stereocenters. The molecule has 2 aliphatic heterocycles. The molecule has 0 bridgehead atoms. The summed E-state index contributed by atoms with van der Waals surface area (Å²) in [7, 11) is 1.63. The first-order valence-electron chi connectivity index (χ1n) is 10.6. The van der Waals surface area contributed by atoms with E-state index in [1.807, 2.05) is 53.4 Å². The molecule has 0 aliphatic carbocycles. The van der Waals surface area contributed by atoms with Crippen molar-refractivity contribution in [1.29, 1.82) is 0 Å². The highest BCUT2D eigenvalue weighted by atomic mass is 16.6. The van der Waals surface area contributed by atoms with E-state index in [4.69, 9.17) is 18.7 Å². The zero-order chi connectivity index (χ0) is 21.9. The Hall–Kier alpha value is -3.59. The van der Waals surface area contributed by atoms with E-state index >= 15 is 0 Å². The number of methoxy groups -OCH3 is 1. The summed E-state index contributed by atoms with van der Waals surface area (Å²) in [5.74, 6) is 3.12. The number of amides is 1. The molecule has 3 heterocycles. The highest BCUT2D eigenvalue weighted by molar-refractivity contribution is 5.82. The lowest BCUT2D eigenvalue weighted by Crippen LogP contribution is -2.53. The molecule has 9 heteroatoms. The van der Waals surface area contributed by atoms with E-state index in [0.29, 0.717) is 42.8 Å². The summed E-state index contributed by atoms with van der Waals surface area (Å²) in [6.07, 6.45) is -0.612. The van der Waals surface area contributed by atoms with Crippen LogP contribution in [0.15, 0.2) is 53.1 Å². The van der Waals surface area contributed by atoms with Crippen LogP contribution in [0.1, 0.15) is 5.89 Å². The summed E-state index contributed by atoms with van der Waals surface area (Å²) in [6, 6.07) is 14.9.